The monoisotopic (exact) mass is 408 g/mol. The molecule has 1 aliphatic rings. The van der Waals surface area contributed by atoms with Crippen molar-refractivity contribution in [3.63, 3.8) is 0 Å². The molecule has 30 heavy (non-hydrogen) atoms. The van der Waals surface area contributed by atoms with Gasteiger partial charge in [0.2, 0.25) is 0 Å². The summed E-state index contributed by atoms with van der Waals surface area (Å²) >= 11 is 0. The van der Waals surface area contributed by atoms with E-state index in [0.29, 0.717) is 17.8 Å². The lowest BCUT2D eigenvalue weighted by Gasteiger charge is -2.35. The lowest BCUT2D eigenvalue weighted by atomic mass is 9.94. The van der Waals surface area contributed by atoms with E-state index in [-0.39, 0.29) is 6.04 Å². The zero-order chi connectivity index (χ0) is 21.3. The van der Waals surface area contributed by atoms with Crippen molar-refractivity contribution in [2.75, 3.05) is 11.9 Å². The second kappa shape index (κ2) is 8.21. The summed E-state index contributed by atoms with van der Waals surface area (Å²) in [5, 5.41) is 20.3. The van der Waals surface area contributed by atoms with E-state index < -0.39 is 18.0 Å². The molecule has 0 bridgehead atoms. The summed E-state index contributed by atoms with van der Waals surface area (Å²) in [6.07, 6.45) is 4.21. The van der Waals surface area contributed by atoms with Gasteiger partial charge in [0.25, 0.3) is 0 Å². The molecule has 3 aromatic rings. The highest BCUT2D eigenvalue weighted by atomic mass is 16.3. The van der Waals surface area contributed by atoms with Crippen molar-refractivity contribution >= 4 is 28.4 Å². The van der Waals surface area contributed by atoms with Gasteiger partial charge < -0.3 is 21.1 Å². The van der Waals surface area contributed by atoms with Gasteiger partial charge in [0.05, 0.1) is 29.1 Å². The zero-order valence-corrected chi connectivity index (χ0v) is 16.6. The number of aromatic nitrogens is 3. The van der Waals surface area contributed by atoms with E-state index in [0.717, 1.165) is 41.4 Å². The predicted molar refractivity (Wildman–Crippen MR) is 111 cm³/mol. The molecule has 1 unspecified atom stereocenters. The minimum absolute atomic E-state index is 0.175. The van der Waals surface area contributed by atoms with Crippen LogP contribution in [0.25, 0.3) is 10.9 Å². The quantitative estimate of drug-likeness (QED) is 0.386. The number of fused-ring (bicyclic) bond motifs is 1. The molecule has 2 atom stereocenters. The van der Waals surface area contributed by atoms with E-state index in [1.807, 2.05) is 25.1 Å². The molecular weight excluding hydrogens is 384 g/mol. The standard InChI is InChI=1S/C21H24N6O3/c1-12-16-9-13(5-6-17(16)26-25-12)18-4-2-3-7-27(18)21(30)20(29)24-15-8-14(19(22)28)10-23-11-15/h5-6,8-11,18-19,28H,2-4,7,22H2,1H3,(H,24,29)(H,25,26)/t18-,19?/m0/s1. The van der Waals surface area contributed by atoms with Gasteiger partial charge in [-0.15, -0.1) is 0 Å². The Hall–Kier alpha value is -3.30. The first-order valence-corrected chi connectivity index (χ1v) is 9.89. The number of amides is 2. The summed E-state index contributed by atoms with van der Waals surface area (Å²) in [6.45, 7) is 2.44. The number of hydrogen-bond acceptors (Lipinski definition) is 6. The Morgan fingerprint density at radius 3 is 2.93 bits per heavy atom. The summed E-state index contributed by atoms with van der Waals surface area (Å²) in [4.78, 5) is 31.2. The van der Waals surface area contributed by atoms with Gasteiger partial charge in [-0.05, 0) is 49.9 Å². The largest absolute Gasteiger partial charge is 0.374 e. The third kappa shape index (κ3) is 3.89. The van der Waals surface area contributed by atoms with Gasteiger partial charge in [-0.25, -0.2) is 0 Å². The maximum absolute atomic E-state index is 13.0. The molecule has 1 aliphatic heterocycles. The van der Waals surface area contributed by atoms with Crippen LogP contribution in [0, 0.1) is 6.92 Å². The van der Waals surface area contributed by atoms with Gasteiger partial charge in [0.15, 0.2) is 0 Å². The molecule has 0 saturated carbocycles. The molecule has 0 spiro atoms. The number of carbonyl (C=O) groups is 2. The average Bonchev–Trinajstić information content (AvgIpc) is 3.13. The van der Waals surface area contributed by atoms with Crippen LogP contribution < -0.4 is 11.1 Å². The molecule has 1 aromatic carbocycles. The van der Waals surface area contributed by atoms with Crippen LogP contribution in [0.15, 0.2) is 36.7 Å². The Bertz CT molecular complexity index is 1090. The van der Waals surface area contributed by atoms with Crippen molar-refractivity contribution in [2.45, 2.75) is 38.5 Å². The van der Waals surface area contributed by atoms with Crippen LogP contribution in [0.1, 0.15) is 48.4 Å². The highest BCUT2D eigenvalue weighted by Gasteiger charge is 2.32. The first-order valence-electron chi connectivity index (χ1n) is 9.89. The van der Waals surface area contributed by atoms with Crippen LogP contribution in [0.3, 0.4) is 0 Å². The summed E-state index contributed by atoms with van der Waals surface area (Å²) in [6, 6.07) is 7.29. The molecule has 1 fully saturated rings. The molecule has 0 aliphatic carbocycles. The fourth-order valence-electron chi connectivity index (χ4n) is 3.89. The van der Waals surface area contributed by atoms with Crippen molar-refractivity contribution < 1.29 is 14.7 Å². The normalized spacial score (nSPS) is 17.7. The van der Waals surface area contributed by atoms with Crippen LogP contribution in [0.2, 0.25) is 0 Å². The van der Waals surface area contributed by atoms with E-state index in [1.165, 1.54) is 18.5 Å². The molecule has 9 nitrogen and oxygen atoms in total. The Kier molecular flexibility index (Phi) is 5.47. The molecule has 4 rings (SSSR count). The van der Waals surface area contributed by atoms with Gasteiger partial charge in [0, 0.05) is 23.7 Å². The number of H-pyrrole nitrogens is 1. The number of hydrogen-bond donors (Lipinski definition) is 4. The molecule has 1 saturated heterocycles. The smallest absolute Gasteiger partial charge is 0.313 e. The number of pyridine rings is 1. The average molecular weight is 408 g/mol. The number of anilines is 1. The van der Waals surface area contributed by atoms with E-state index >= 15 is 0 Å². The second-order valence-corrected chi connectivity index (χ2v) is 7.53. The van der Waals surface area contributed by atoms with Crippen LogP contribution in [-0.4, -0.2) is 43.5 Å². The highest BCUT2D eigenvalue weighted by Crippen LogP contribution is 2.33. The number of rotatable bonds is 3. The molecule has 3 heterocycles. The highest BCUT2D eigenvalue weighted by molar-refractivity contribution is 6.39. The summed E-state index contributed by atoms with van der Waals surface area (Å²) in [5.41, 5.74) is 8.91. The minimum Gasteiger partial charge on any atom is -0.374 e. The molecule has 5 N–H and O–H groups in total. The molecule has 156 valence electrons. The molecule has 2 amide bonds. The van der Waals surface area contributed by atoms with Crippen LogP contribution >= 0.6 is 0 Å². The number of nitrogens with one attached hydrogen (secondary N) is 2. The molecule has 0 radical (unpaired) electrons. The first-order chi connectivity index (χ1) is 14.4. The number of aromatic amines is 1. The van der Waals surface area contributed by atoms with E-state index in [9.17, 15) is 14.7 Å². The van der Waals surface area contributed by atoms with Gasteiger partial charge in [-0.3, -0.25) is 19.7 Å². The van der Waals surface area contributed by atoms with E-state index in [1.54, 1.807) is 4.90 Å². The van der Waals surface area contributed by atoms with Crippen LogP contribution in [0.5, 0.6) is 0 Å². The molecular formula is C21H24N6O3. The maximum Gasteiger partial charge on any atom is 0.313 e. The summed E-state index contributed by atoms with van der Waals surface area (Å²) in [5.74, 6) is -1.34. The molecule has 9 heteroatoms. The van der Waals surface area contributed by atoms with Gasteiger partial charge in [-0.1, -0.05) is 6.07 Å². The number of carbonyl (C=O) groups excluding carboxylic acids is 2. The second-order valence-electron chi connectivity index (χ2n) is 7.53. The third-order valence-electron chi connectivity index (χ3n) is 5.48. The number of aliphatic hydroxyl groups excluding tert-OH is 1. The maximum atomic E-state index is 13.0. The number of piperidine rings is 1. The SMILES string of the molecule is Cc1n[nH]c2ccc([C@@H]3CCCCN3C(=O)C(=O)Nc3cncc(C(N)O)c3)cc12. The Labute approximate surface area is 173 Å². The zero-order valence-electron chi connectivity index (χ0n) is 16.6. The fourth-order valence-corrected chi connectivity index (χ4v) is 3.89. The van der Waals surface area contributed by atoms with Gasteiger partial charge >= 0.3 is 11.8 Å². The predicted octanol–water partition coefficient (Wildman–Crippen LogP) is 1.91. The molecule has 2 aromatic heterocycles. The Morgan fingerprint density at radius 2 is 2.13 bits per heavy atom. The first kappa shape index (κ1) is 20.0. The van der Waals surface area contributed by atoms with Crippen LogP contribution in [0.4, 0.5) is 5.69 Å². The fraction of sp³-hybridized carbons (Fsp3) is 0.333. The van der Waals surface area contributed by atoms with Crippen LogP contribution in [-0.2, 0) is 9.59 Å². The number of aryl methyl sites for hydroxylation is 1. The van der Waals surface area contributed by atoms with Crippen molar-refractivity contribution in [1.29, 1.82) is 0 Å². The van der Waals surface area contributed by atoms with E-state index in [2.05, 4.69) is 20.5 Å². The number of nitrogens with two attached hydrogens (primary N) is 1. The van der Waals surface area contributed by atoms with Crippen molar-refractivity contribution in [2.24, 2.45) is 5.73 Å². The third-order valence-corrected chi connectivity index (χ3v) is 5.48. The van der Waals surface area contributed by atoms with Crippen molar-refractivity contribution in [1.82, 2.24) is 20.1 Å². The summed E-state index contributed by atoms with van der Waals surface area (Å²) in [7, 11) is 0. The number of aliphatic hydroxyl groups is 1. The lowest BCUT2D eigenvalue weighted by molar-refractivity contribution is -0.145. The van der Waals surface area contributed by atoms with Crippen molar-refractivity contribution in [3.05, 3.63) is 53.5 Å². The minimum atomic E-state index is -1.21. The van der Waals surface area contributed by atoms with E-state index in [4.69, 9.17) is 5.73 Å². The van der Waals surface area contributed by atoms with Crippen molar-refractivity contribution in [3.8, 4) is 0 Å². The summed E-state index contributed by atoms with van der Waals surface area (Å²) < 4.78 is 0. The Balaban J connectivity index is 1.55. The number of likely N-dealkylation sites (tertiary alicyclic amines) is 1. The Morgan fingerprint density at radius 1 is 1.30 bits per heavy atom. The number of benzene rings is 1. The van der Waals surface area contributed by atoms with Gasteiger partial charge in [0.1, 0.15) is 6.23 Å². The lowest BCUT2D eigenvalue weighted by Crippen LogP contribution is -2.44. The van der Waals surface area contributed by atoms with Gasteiger partial charge in [-0.2, -0.15) is 5.10 Å². The number of nitrogens with zero attached hydrogens (tertiary/aromatic N) is 3. The topological polar surface area (TPSA) is 137 Å².